The second-order valence-electron chi connectivity index (χ2n) is 7.40. The molecule has 0 bridgehead atoms. The summed E-state index contributed by atoms with van der Waals surface area (Å²) in [6.45, 7) is 0. The molecule has 1 fully saturated rings. The second kappa shape index (κ2) is 10.1. The Morgan fingerprint density at radius 3 is 2.72 bits per heavy atom. The number of oxazole rings is 1. The average Bonchev–Trinajstić information content (AvgIpc) is 3.27. The van der Waals surface area contributed by atoms with E-state index in [9.17, 15) is 4.79 Å². The second-order valence-corrected chi connectivity index (χ2v) is 11.1. The Bertz CT molecular complexity index is 1200. The summed E-state index contributed by atoms with van der Waals surface area (Å²) in [4.78, 5) is 17.6. The van der Waals surface area contributed by atoms with Crippen LogP contribution in [0.1, 0.15) is 32.5 Å². The van der Waals surface area contributed by atoms with Gasteiger partial charge in [0.1, 0.15) is 5.52 Å². The highest BCUT2D eigenvalue weighted by molar-refractivity contribution is 8.16. The third-order valence-corrected chi connectivity index (χ3v) is 9.02. The number of anilines is 1. The molecule has 4 nitrogen and oxygen atoms in total. The summed E-state index contributed by atoms with van der Waals surface area (Å²) in [5, 5.41) is 3.70. The van der Waals surface area contributed by atoms with Crippen molar-refractivity contribution in [1.82, 2.24) is 4.98 Å². The van der Waals surface area contributed by atoms with Crippen molar-refractivity contribution in [3.05, 3.63) is 89.5 Å². The van der Waals surface area contributed by atoms with Gasteiger partial charge in [0.15, 0.2) is 5.58 Å². The summed E-state index contributed by atoms with van der Waals surface area (Å²) in [5.41, 5.74) is 5.33. The lowest BCUT2D eigenvalue weighted by atomic mass is 10.1. The van der Waals surface area contributed by atoms with Crippen LogP contribution in [0, 0.1) is 0 Å². The summed E-state index contributed by atoms with van der Waals surface area (Å²) >= 11 is 5.46. The lowest BCUT2D eigenvalue weighted by Crippen LogP contribution is -2.14. The molecule has 7 heteroatoms. The van der Waals surface area contributed by atoms with Gasteiger partial charge in [0.05, 0.1) is 4.58 Å². The molecular formula is C25H22N2O2S3. The molecule has 0 saturated carbocycles. The van der Waals surface area contributed by atoms with Crippen molar-refractivity contribution in [2.75, 3.05) is 16.8 Å². The monoisotopic (exact) mass is 478 g/mol. The molecular weight excluding hydrogens is 456 g/mol. The molecule has 1 saturated heterocycles. The molecule has 1 aliphatic rings. The molecule has 0 aliphatic carbocycles. The number of aromatic nitrogens is 1. The fourth-order valence-electron chi connectivity index (χ4n) is 3.56. The summed E-state index contributed by atoms with van der Waals surface area (Å²) in [5.74, 6) is 2.89. The highest BCUT2D eigenvalue weighted by atomic mass is 32.2. The molecule has 32 heavy (non-hydrogen) atoms. The molecule has 0 unspecified atom stereocenters. The van der Waals surface area contributed by atoms with Crippen LogP contribution in [-0.2, 0) is 5.75 Å². The molecule has 3 aromatic carbocycles. The summed E-state index contributed by atoms with van der Waals surface area (Å²) in [7, 11) is 0. The fraction of sp³-hybridized carbons (Fsp3) is 0.200. The van der Waals surface area contributed by atoms with E-state index in [2.05, 4.69) is 22.4 Å². The van der Waals surface area contributed by atoms with Crippen molar-refractivity contribution >= 4 is 58.0 Å². The van der Waals surface area contributed by atoms with Gasteiger partial charge in [-0.2, -0.15) is 0 Å². The first-order chi connectivity index (χ1) is 15.8. The van der Waals surface area contributed by atoms with E-state index in [0.717, 1.165) is 22.4 Å². The topological polar surface area (TPSA) is 55.1 Å². The zero-order valence-corrected chi connectivity index (χ0v) is 19.8. The molecule has 1 aromatic heterocycles. The van der Waals surface area contributed by atoms with E-state index in [4.69, 9.17) is 4.42 Å². The van der Waals surface area contributed by atoms with Crippen LogP contribution in [-0.4, -0.2) is 22.4 Å². The zero-order valence-electron chi connectivity index (χ0n) is 17.3. The van der Waals surface area contributed by atoms with Gasteiger partial charge in [0.25, 0.3) is 11.1 Å². The number of nitrogens with zero attached hydrogens (tertiary/aromatic N) is 1. The fourth-order valence-corrected chi connectivity index (χ4v) is 7.28. The van der Waals surface area contributed by atoms with Gasteiger partial charge >= 0.3 is 0 Å². The van der Waals surface area contributed by atoms with Crippen molar-refractivity contribution in [2.45, 2.75) is 22.0 Å². The summed E-state index contributed by atoms with van der Waals surface area (Å²) < 4.78 is 6.25. The Morgan fingerprint density at radius 1 is 1.03 bits per heavy atom. The normalized spacial score (nSPS) is 14.5. The van der Waals surface area contributed by atoms with E-state index in [0.29, 0.717) is 21.1 Å². The van der Waals surface area contributed by atoms with Gasteiger partial charge in [-0.05, 0) is 59.4 Å². The maximum Gasteiger partial charge on any atom is 0.257 e. The Hall–Kier alpha value is -2.35. The number of nitrogens with one attached hydrogen (secondary N) is 1. The van der Waals surface area contributed by atoms with E-state index in [1.165, 1.54) is 35.3 Å². The average molecular weight is 479 g/mol. The zero-order chi connectivity index (χ0) is 21.8. The number of carbonyl (C=O) groups excluding carboxylic acids is 1. The highest BCUT2D eigenvalue weighted by Gasteiger charge is 2.18. The van der Waals surface area contributed by atoms with Gasteiger partial charge in [-0.3, -0.25) is 4.79 Å². The first-order valence-corrected chi connectivity index (χ1v) is 13.6. The SMILES string of the molecule is O=C(Nc1cccc(C2SCCCS2)c1)c1ccccc1CSc1nc2ccccc2o1. The number of para-hydroxylation sites is 2. The van der Waals surface area contributed by atoms with E-state index < -0.39 is 0 Å². The maximum atomic E-state index is 13.1. The number of amides is 1. The smallest absolute Gasteiger partial charge is 0.257 e. The minimum Gasteiger partial charge on any atom is -0.431 e. The van der Waals surface area contributed by atoms with Crippen molar-refractivity contribution in [3.63, 3.8) is 0 Å². The van der Waals surface area contributed by atoms with Crippen molar-refractivity contribution in [3.8, 4) is 0 Å². The lowest BCUT2D eigenvalue weighted by molar-refractivity contribution is 0.102. The lowest BCUT2D eigenvalue weighted by Gasteiger charge is -2.21. The predicted molar refractivity (Wildman–Crippen MR) is 137 cm³/mol. The third kappa shape index (κ3) is 5.00. The van der Waals surface area contributed by atoms with Crippen LogP contribution in [0.25, 0.3) is 11.1 Å². The van der Waals surface area contributed by atoms with Crippen molar-refractivity contribution in [1.29, 1.82) is 0 Å². The first-order valence-electron chi connectivity index (χ1n) is 10.5. The molecule has 0 radical (unpaired) electrons. The molecule has 5 rings (SSSR count). The molecule has 162 valence electrons. The first kappa shape index (κ1) is 21.5. The Labute approximate surface area is 200 Å². The Kier molecular flexibility index (Phi) is 6.76. The number of rotatable bonds is 6. The largest absolute Gasteiger partial charge is 0.431 e. The van der Waals surface area contributed by atoms with Crippen LogP contribution < -0.4 is 5.32 Å². The van der Waals surface area contributed by atoms with E-state index in [-0.39, 0.29) is 5.91 Å². The molecule has 1 N–H and O–H groups in total. The number of hydrogen-bond acceptors (Lipinski definition) is 6. The highest BCUT2D eigenvalue weighted by Crippen LogP contribution is 2.44. The van der Waals surface area contributed by atoms with E-state index in [1.807, 2.05) is 84.2 Å². The number of hydrogen-bond donors (Lipinski definition) is 1. The molecule has 0 spiro atoms. The van der Waals surface area contributed by atoms with Gasteiger partial charge in [-0.25, -0.2) is 4.98 Å². The molecule has 1 aliphatic heterocycles. The van der Waals surface area contributed by atoms with Gasteiger partial charge in [0, 0.05) is 17.0 Å². The molecule has 2 heterocycles. The van der Waals surface area contributed by atoms with Crippen LogP contribution in [0.5, 0.6) is 0 Å². The maximum absolute atomic E-state index is 13.1. The standard InChI is InChI=1S/C25H22N2O2S3/c28-23(26-19-9-5-8-17(15-19)24-30-13-6-14-31-24)20-10-2-1-7-18(20)16-32-25-27-21-11-3-4-12-22(21)29-25/h1-5,7-12,15,24H,6,13-14,16H2,(H,26,28). The Morgan fingerprint density at radius 2 is 1.84 bits per heavy atom. The predicted octanol–water partition coefficient (Wildman–Crippen LogP) is 7.24. The summed E-state index contributed by atoms with van der Waals surface area (Å²) in [6, 6.07) is 23.7. The van der Waals surface area contributed by atoms with Crippen LogP contribution in [0.2, 0.25) is 0 Å². The van der Waals surface area contributed by atoms with Crippen LogP contribution in [0.4, 0.5) is 5.69 Å². The van der Waals surface area contributed by atoms with Gasteiger partial charge in [-0.1, -0.05) is 54.2 Å². The third-order valence-electron chi connectivity index (χ3n) is 5.13. The quantitative estimate of drug-likeness (QED) is 0.295. The van der Waals surface area contributed by atoms with Gasteiger partial charge in [0.2, 0.25) is 0 Å². The Balaban J connectivity index is 1.29. The summed E-state index contributed by atoms with van der Waals surface area (Å²) in [6.07, 6.45) is 1.26. The molecule has 0 atom stereocenters. The van der Waals surface area contributed by atoms with E-state index >= 15 is 0 Å². The molecule has 1 amide bonds. The van der Waals surface area contributed by atoms with Gasteiger partial charge < -0.3 is 9.73 Å². The minimum atomic E-state index is -0.0973. The number of benzene rings is 3. The number of carbonyl (C=O) groups is 1. The van der Waals surface area contributed by atoms with Crippen LogP contribution in [0.15, 0.2) is 82.4 Å². The van der Waals surface area contributed by atoms with Gasteiger partial charge in [-0.15, -0.1) is 23.5 Å². The van der Waals surface area contributed by atoms with Crippen LogP contribution >= 0.6 is 35.3 Å². The number of fused-ring (bicyclic) bond motifs is 1. The minimum absolute atomic E-state index is 0.0973. The van der Waals surface area contributed by atoms with Crippen LogP contribution in [0.3, 0.4) is 0 Å². The van der Waals surface area contributed by atoms with E-state index in [1.54, 1.807) is 0 Å². The van der Waals surface area contributed by atoms with Crippen molar-refractivity contribution in [2.24, 2.45) is 0 Å². The van der Waals surface area contributed by atoms with Crippen molar-refractivity contribution < 1.29 is 9.21 Å². The number of thioether (sulfide) groups is 3. The molecule has 4 aromatic rings.